The third-order valence-electron chi connectivity index (χ3n) is 6.00. The maximum atomic E-state index is 13.7. The molecule has 0 saturated heterocycles. The first-order valence-corrected chi connectivity index (χ1v) is 11.4. The van der Waals surface area contributed by atoms with Crippen molar-refractivity contribution in [3.63, 3.8) is 0 Å². The number of hydrogen-bond donors (Lipinski definition) is 3. The molecule has 0 spiro atoms. The number of aliphatic carboxylic acids is 1. The fraction of sp³-hybridized carbons (Fsp3) is 0.370. The van der Waals surface area contributed by atoms with E-state index in [0.717, 1.165) is 33.6 Å². The molecule has 3 rings (SSSR count). The lowest BCUT2D eigenvalue weighted by Crippen LogP contribution is -2.21. The number of carboxylic acids is 1. The highest BCUT2D eigenvalue weighted by molar-refractivity contribution is 5.88. The van der Waals surface area contributed by atoms with Crippen LogP contribution in [0.3, 0.4) is 0 Å². The Kier molecular flexibility index (Phi) is 8.23. The van der Waals surface area contributed by atoms with E-state index in [1.807, 2.05) is 20.8 Å². The predicted octanol–water partition coefficient (Wildman–Crippen LogP) is 5.51. The van der Waals surface area contributed by atoms with Crippen molar-refractivity contribution < 1.29 is 28.9 Å². The van der Waals surface area contributed by atoms with Crippen LogP contribution in [0.4, 0.5) is 8.78 Å². The van der Waals surface area contributed by atoms with Crippen molar-refractivity contribution in [2.75, 3.05) is 0 Å². The molecular formula is C27H31F2NO4. The first-order chi connectivity index (χ1) is 16.1. The van der Waals surface area contributed by atoms with Gasteiger partial charge in [0.2, 0.25) is 0 Å². The predicted molar refractivity (Wildman–Crippen MR) is 128 cm³/mol. The first kappa shape index (κ1) is 25.6. The number of carbonyl (C=O) groups is 1. The Morgan fingerprint density at radius 3 is 1.85 bits per heavy atom. The molecule has 7 heteroatoms. The van der Waals surface area contributed by atoms with E-state index in [-0.39, 0.29) is 24.1 Å². The second-order valence-corrected chi connectivity index (χ2v) is 8.94. The van der Waals surface area contributed by atoms with E-state index in [1.54, 1.807) is 24.3 Å². The summed E-state index contributed by atoms with van der Waals surface area (Å²) >= 11 is 0. The Bertz CT molecular complexity index is 1120. The van der Waals surface area contributed by atoms with Gasteiger partial charge in [-0.15, -0.1) is 0 Å². The van der Waals surface area contributed by atoms with Crippen LogP contribution in [0.15, 0.2) is 48.5 Å². The van der Waals surface area contributed by atoms with Gasteiger partial charge in [-0.25, -0.2) is 8.78 Å². The van der Waals surface area contributed by atoms with E-state index in [1.165, 1.54) is 24.3 Å². The van der Waals surface area contributed by atoms with Crippen molar-refractivity contribution in [1.82, 2.24) is 4.57 Å². The van der Waals surface area contributed by atoms with E-state index in [0.29, 0.717) is 12.8 Å². The second kappa shape index (κ2) is 10.9. The summed E-state index contributed by atoms with van der Waals surface area (Å²) in [7, 11) is 0. The number of benzene rings is 2. The molecule has 0 aliphatic rings. The molecule has 0 bridgehead atoms. The van der Waals surface area contributed by atoms with Crippen molar-refractivity contribution in [3.8, 4) is 22.3 Å². The number of rotatable bonds is 10. The highest BCUT2D eigenvalue weighted by atomic mass is 19.1. The van der Waals surface area contributed by atoms with E-state index < -0.39 is 24.6 Å². The third-order valence-corrected chi connectivity index (χ3v) is 6.00. The summed E-state index contributed by atoms with van der Waals surface area (Å²) in [6, 6.07) is 12.5. The van der Waals surface area contributed by atoms with E-state index in [4.69, 9.17) is 5.11 Å². The lowest BCUT2D eigenvalue weighted by Gasteiger charge is -2.19. The lowest BCUT2D eigenvalue weighted by molar-refractivity contribution is -0.139. The molecule has 1 heterocycles. The molecule has 0 saturated carbocycles. The molecule has 3 aromatic rings. The van der Waals surface area contributed by atoms with Gasteiger partial charge in [0.1, 0.15) is 11.6 Å². The Labute approximate surface area is 198 Å². The third kappa shape index (κ3) is 5.90. The number of hydrogen-bond acceptors (Lipinski definition) is 3. The summed E-state index contributed by atoms with van der Waals surface area (Å²) < 4.78 is 29.5. The molecule has 182 valence electrons. The highest BCUT2D eigenvalue weighted by Crippen LogP contribution is 2.42. The Morgan fingerprint density at radius 2 is 1.38 bits per heavy atom. The largest absolute Gasteiger partial charge is 0.481 e. The van der Waals surface area contributed by atoms with Crippen LogP contribution in [0.5, 0.6) is 0 Å². The molecular weight excluding hydrogens is 440 g/mol. The lowest BCUT2D eigenvalue weighted by atomic mass is 9.93. The van der Waals surface area contributed by atoms with Gasteiger partial charge in [-0.2, -0.15) is 0 Å². The monoisotopic (exact) mass is 471 g/mol. The molecule has 2 atom stereocenters. The van der Waals surface area contributed by atoms with E-state index >= 15 is 0 Å². The van der Waals surface area contributed by atoms with Crippen molar-refractivity contribution in [3.05, 3.63) is 71.6 Å². The van der Waals surface area contributed by atoms with Gasteiger partial charge in [0.25, 0.3) is 0 Å². The first-order valence-electron chi connectivity index (χ1n) is 11.4. The minimum atomic E-state index is -1.13. The van der Waals surface area contributed by atoms with Gasteiger partial charge >= 0.3 is 5.97 Å². The minimum Gasteiger partial charge on any atom is -0.481 e. The number of aliphatic hydroxyl groups is 2. The van der Waals surface area contributed by atoms with Crippen molar-refractivity contribution in [2.45, 2.75) is 64.7 Å². The standard InChI is InChI=1S/C27H31F2NO4/c1-16(2)30-17(3)26(18-4-8-20(28)9-5-18)27(19-6-10-21(29)11-7-19)24(30)13-12-22(31)14-23(32)15-25(33)34/h4-11,16,22-23,31-32H,12-15H2,1-3H3,(H,33,34). The second-order valence-electron chi connectivity index (χ2n) is 8.94. The van der Waals surface area contributed by atoms with Gasteiger partial charge in [-0.3, -0.25) is 4.79 Å². The average Bonchev–Trinajstić information content (AvgIpc) is 3.05. The summed E-state index contributed by atoms with van der Waals surface area (Å²) in [4.78, 5) is 10.8. The van der Waals surface area contributed by atoms with Crippen LogP contribution in [-0.2, 0) is 11.2 Å². The summed E-state index contributed by atoms with van der Waals surface area (Å²) in [5.74, 6) is -1.81. The topological polar surface area (TPSA) is 82.7 Å². The average molecular weight is 472 g/mol. The minimum absolute atomic E-state index is 0.0373. The molecule has 0 fully saturated rings. The van der Waals surface area contributed by atoms with Gasteiger partial charge < -0.3 is 19.9 Å². The van der Waals surface area contributed by atoms with E-state index in [2.05, 4.69) is 4.57 Å². The highest BCUT2D eigenvalue weighted by Gasteiger charge is 2.25. The zero-order valence-corrected chi connectivity index (χ0v) is 19.6. The summed E-state index contributed by atoms with van der Waals surface area (Å²) in [5.41, 5.74) is 5.34. The molecule has 3 N–H and O–H groups in total. The molecule has 5 nitrogen and oxygen atoms in total. The summed E-state index contributed by atoms with van der Waals surface area (Å²) in [5, 5.41) is 29.2. The molecule has 34 heavy (non-hydrogen) atoms. The number of aliphatic hydroxyl groups excluding tert-OH is 2. The van der Waals surface area contributed by atoms with Crippen LogP contribution < -0.4 is 0 Å². The van der Waals surface area contributed by atoms with Crippen LogP contribution in [0.2, 0.25) is 0 Å². The molecule has 2 aromatic carbocycles. The quantitative estimate of drug-likeness (QED) is 0.364. The van der Waals surface area contributed by atoms with Gasteiger partial charge in [0.15, 0.2) is 0 Å². The number of nitrogens with zero attached hydrogens (tertiary/aromatic N) is 1. The molecule has 0 amide bonds. The summed E-state index contributed by atoms with van der Waals surface area (Å²) in [6.07, 6.45) is -1.71. The normalized spacial score (nSPS) is 13.3. The smallest absolute Gasteiger partial charge is 0.305 e. The molecule has 1 aromatic heterocycles. The van der Waals surface area contributed by atoms with Crippen LogP contribution in [0.1, 0.15) is 50.5 Å². The summed E-state index contributed by atoms with van der Waals surface area (Å²) in [6.45, 7) is 6.08. The van der Waals surface area contributed by atoms with Crippen molar-refractivity contribution in [1.29, 1.82) is 0 Å². The SMILES string of the molecule is Cc1c(-c2ccc(F)cc2)c(-c2ccc(F)cc2)c(CCC(O)CC(O)CC(=O)O)n1C(C)C. The zero-order chi connectivity index (χ0) is 25.0. The van der Waals surface area contributed by atoms with Crippen LogP contribution in [-0.4, -0.2) is 38.1 Å². The van der Waals surface area contributed by atoms with Crippen LogP contribution in [0.25, 0.3) is 22.3 Å². The van der Waals surface area contributed by atoms with Crippen LogP contribution >= 0.6 is 0 Å². The Morgan fingerprint density at radius 1 is 0.882 bits per heavy atom. The fourth-order valence-corrected chi connectivity index (χ4v) is 4.63. The van der Waals surface area contributed by atoms with Crippen molar-refractivity contribution >= 4 is 5.97 Å². The van der Waals surface area contributed by atoms with Gasteiger partial charge in [-0.1, -0.05) is 24.3 Å². The fourth-order valence-electron chi connectivity index (χ4n) is 4.63. The molecule has 0 aliphatic heterocycles. The molecule has 2 unspecified atom stereocenters. The van der Waals surface area contributed by atoms with Crippen LogP contribution in [0, 0.1) is 18.6 Å². The number of carboxylic acid groups (broad SMARTS) is 1. The van der Waals surface area contributed by atoms with Crippen molar-refractivity contribution in [2.24, 2.45) is 0 Å². The maximum Gasteiger partial charge on any atom is 0.305 e. The molecule has 0 aliphatic carbocycles. The maximum absolute atomic E-state index is 13.7. The Balaban J connectivity index is 2.08. The van der Waals surface area contributed by atoms with Gasteiger partial charge in [0, 0.05) is 28.6 Å². The number of halogens is 2. The Hall–Kier alpha value is -3.03. The van der Waals surface area contributed by atoms with Gasteiger partial charge in [-0.05, 0) is 75.4 Å². The van der Waals surface area contributed by atoms with Gasteiger partial charge in [0.05, 0.1) is 18.6 Å². The zero-order valence-electron chi connectivity index (χ0n) is 19.6. The number of aromatic nitrogens is 1. The molecule has 0 radical (unpaired) electrons. The van der Waals surface area contributed by atoms with E-state index in [9.17, 15) is 23.8 Å².